The van der Waals surface area contributed by atoms with Crippen LogP contribution in [-0.2, 0) is 23.8 Å². The van der Waals surface area contributed by atoms with Crippen molar-refractivity contribution in [2.75, 3.05) is 19.8 Å². The molecule has 0 heterocycles. The van der Waals surface area contributed by atoms with Crippen molar-refractivity contribution < 1.29 is 23.8 Å². The minimum atomic E-state index is -0.629. The van der Waals surface area contributed by atoms with E-state index < -0.39 is 18.0 Å². The van der Waals surface area contributed by atoms with Crippen LogP contribution in [0.2, 0.25) is 0 Å². The fraction of sp³-hybridized carbons (Fsp3) is 0.571. The molecule has 0 spiro atoms. The Balaban J connectivity index is 4.02. The summed E-state index contributed by atoms with van der Waals surface area (Å²) in [6.45, 7) is 9.41. The van der Waals surface area contributed by atoms with Gasteiger partial charge in [-0.2, -0.15) is 0 Å². The van der Waals surface area contributed by atoms with Crippen molar-refractivity contribution in [2.24, 2.45) is 0 Å². The van der Waals surface area contributed by atoms with Crippen LogP contribution >= 0.6 is 0 Å². The van der Waals surface area contributed by atoms with Crippen molar-refractivity contribution >= 4 is 11.9 Å². The topological polar surface area (TPSA) is 61.8 Å². The van der Waals surface area contributed by atoms with Crippen molar-refractivity contribution in [2.45, 2.75) is 32.3 Å². The van der Waals surface area contributed by atoms with E-state index in [0.717, 1.165) is 31.4 Å². The second-order valence-electron chi connectivity index (χ2n) is 3.88. The van der Waals surface area contributed by atoms with E-state index in [9.17, 15) is 9.59 Å². The van der Waals surface area contributed by atoms with Crippen LogP contribution in [-0.4, -0.2) is 37.9 Å². The van der Waals surface area contributed by atoms with Crippen molar-refractivity contribution in [3.05, 3.63) is 25.3 Å². The van der Waals surface area contributed by atoms with Crippen molar-refractivity contribution in [1.82, 2.24) is 0 Å². The van der Waals surface area contributed by atoms with Gasteiger partial charge in [0.15, 0.2) is 6.10 Å². The molecule has 5 heteroatoms. The Morgan fingerprint density at radius 2 is 1.79 bits per heavy atom. The zero-order chi connectivity index (χ0) is 14.5. The largest absolute Gasteiger partial charge is 0.458 e. The van der Waals surface area contributed by atoms with Gasteiger partial charge in [0.1, 0.15) is 6.61 Å². The maximum absolute atomic E-state index is 11.1. The number of hydrogen-bond donors (Lipinski definition) is 0. The first kappa shape index (κ1) is 17.4. The summed E-state index contributed by atoms with van der Waals surface area (Å²) in [5, 5.41) is 0. The number of unbranched alkanes of at least 4 members (excludes halogenated alkanes) is 2. The van der Waals surface area contributed by atoms with Gasteiger partial charge in [0.2, 0.25) is 0 Å². The highest BCUT2D eigenvalue weighted by atomic mass is 16.6. The average Bonchev–Trinajstić information content (AvgIpc) is 2.43. The Kier molecular flexibility index (Phi) is 10.5. The Hall–Kier alpha value is -1.62. The third-order valence-corrected chi connectivity index (χ3v) is 2.22. The molecule has 0 saturated heterocycles. The standard InChI is InChI=1S/C14H22O5/c1-4-7-8-9-17-10-12(19-14(16)6-3)11-18-13(15)5-2/h5-6,12H,2-4,7-11H2,1H3. The summed E-state index contributed by atoms with van der Waals surface area (Å²) >= 11 is 0. The van der Waals surface area contributed by atoms with E-state index in [2.05, 4.69) is 20.1 Å². The summed E-state index contributed by atoms with van der Waals surface area (Å²) < 4.78 is 15.2. The summed E-state index contributed by atoms with van der Waals surface area (Å²) in [6.07, 6.45) is 4.62. The molecule has 108 valence electrons. The lowest BCUT2D eigenvalue weighted by atomic mass is 10.3. The molecule has 19 heavy (non-hydrogen) atoms. The first-order valence-electron chi connectivity index (χ1n) is 6.34. The predicted molar refractivity (Wildman–Crippen MR) is 71.6 cm³/mol. The van der Waals surface area contributed by atoms with E-state index in [0.29, 0.717) is 6.61 Å². The van der Waals surface area contributed by atoms with Crippen LogP contribution < -0.4 is 0 Å². The Bertz CT molecular complexity index is 298. The zero-order valence-corrected chi connectivity index (χ0v) is 11.4. The lowest BCUT2D eigenvalue weighted by Gasteiger charge is -2.16. The van der Waals surface area contributed by atoms with Crippen LogP contribution in [0.15, 0.2) is 25.3 Å². The van der Waals surface area contributed by atoms with Crippen LogP contribution in [0.3, 0.4) is 0 Å². The van der Waals surface area contributed by atoms with Crippen LogP contribution in [0.25, 0.3) is 0 Å². The molecule has 0 aromatic heterocycles. The Morgan fingerprint density at radius 1 is 1.11 bits per heavy atom. The first-order valence-corrected chi connectivity index (χ1v) is 6.34. The van der Waals surface area contributed by atoms with Gasteiger partial charge in [0.05, 0.1) is 6.61 Å². The highest BCUT2D eigenvalue weighted by Crippen LogP contribution is 2.00. The quantitative estimate of drug-likeness (QED) is 0.326. The van der Waals surface area contributed by atoms with Gasteiger partial charge in [0, 0.05) is 18.8 Å². The predicted octanol–water partition coefficient (Wildman–Crippen LogP) is 2.02. The maximum Gasteiger partial charge on any atom is 0.330 e. The minimum Gasteiger partial charge on any atom is -0.458 e. The number of carbonyl (C=O) groups is 2. The normalized spacial score (nSPS) is 11.4. The smallest absolute Gasteiger partial charge is 0.330 e. The van der Waals surface area contributed by atoms with E-state index >= 15 is 0 Å². The van der Waals surface area contributed by atoms with Gasteiger partial charge >= 0.3 is 11.9 Å². The molecule has 0 aliphatic heterocycles. The molecule has 0 rings (SSSR count). The van der Waals surface area contributed by atoms with Crippen LogP contribution in [0.5, 0.6) is 0 Å². The van der Waals surface area contributed by atoms with E-state index in [1.807, 2.05) is 0 Å². The molecule has 1 unspecified atom stereocenters. The second kappa shape index (κ2) is 11.5. The molecule has 0 saturated carbocycles. The fourth-order valence-corrected chi connectivity index (χ4v) is 1.23. The number of esters is 2. The van der Waals surface area contributed by atoms with Gasteiger partial charge in [-0.05, 0) is 6.42 Å². The lowest BCUT2D eigenvalue weighted by Crippen LogP contribution is -2.29. The molecule has 1 atom stereocenters. The molecule has 0 aromatic carbocycles. The number of carbonyl (C=O) groups excluding carboxylic acids is 2. The van der Waals surface area contributed by atoms with Crippen molar-refractivity contribution in [1.29, 1.82) is 0 Å². The molecule has 0 amide bonds. The maximum atomic E-state index is 11.1. The summed E-state index contributed by atoms with van der Waals surface area (Å²) in [4.78, 5) is 22.1. The number of hydrogen-bond acceptors (Lipinski definition) is 5. The van der Waals surface area contributed by atoms with Gasteiger partial charge in [0.25, 0.3) is 0 Å². The van der Waals surface area contributed by atoms with E-state index in [4.69, 9.17) is 14.2 Å². The second-order valence-corrected chi connectivity index (χ2v) is 3.88. The number of rotatable bonds is 11. The van der Waals surface area contributed by atoms with Gasteiger partial charge in [-0.1, -0.05) is 32.9 Å². The summed E-state index contributed by atoms with van der Waals surface area (Å²) in [5.41, 5.74) is 0. The van der Waals surface area contributed by atoms with E-state index in [-0.39, 0.29) is 13.2 Å². The third kappa shape index (κ3) is 10.0. The summed E-state index contributed by atoms with van der Waals surface area (Å²) in [7, 11) is 0. The molecule has 0 aliphatic rings. The average molecular weight is 270 g/mol. The van der Waals surface area contributed by atoms with E-state index in [1.54, 1.807) is 0 Å². The summed E-state index contributed by atoms with van der Waals surface area (Å²) in [6, 6.07) is 0. The molecule has 0 radical (unpaired) electrons. The van der Waals surface area contributed by atoms with Gasteiger partial charge in [-0.3, -0.25) is 0 Å². The summed E-state index contributed by atoms with van der Waals surface area (Å²) in [5.74, 6) is -1.14. The molecule has 0 N–H and O–H groups in total. The molecule has 0 aliphatic carbocycles. The molecular formula is C14H22O5. The van der Waals surface area contributed by atoms with Crippen LogP contribution in [0.1, 0.15) is 26.2 Å². The highest BCUT2D eigenvalue weighted by molar-refractivity contribution is 5.82. The minimum absolute atomic E-state index is 0.0573. The Labute approximate surface area is 114 Å². The molecule has 0 aromatic rings. The van der Waals surface area contributed by atoms with E-state index in [1.165, 1.54) is 0 Å². The SMILES string of the molecule is C=CC(=O)OCC(COCCCCC)OC(=O)C=C. The van der Waals surface area contributed by atoms with Crippen molar-refractivity contribution in [3.8, 4) is 0 Å². The van der Waals surface area contributed by atoms with Gasteiger partial charge < -0.3 is 14.2 Å². The lowest BCUT2D eigenvalue weighted by molar-refractivity contribution is -0.156. The molecule has 0 bridgehead atoms. The zero-order valence-electron chi connectivity index (χ0n) is 11.4. The van der Waals surface area contributed by atoms with Crippen LogP contribution in [0.4, 0.5) is 0 Å². The van der Waals surface area contributed by atoms with Crippen molar-refractivity contribution in [3.63, 3.8) is 0 Å². The van der Waals surface area contributed by atoms with Gasteiger partial charge in [-0.15, -0.1) is 0 Å². The first-order chi connectivity index (χ1) is 9.13. The van der Waals surface area contributed by atoms with Crippen LogP contribution in [0, 0.1) is 0 Å². The third-order valence-electron chi connectivity index (χ3n) is 2.22. The number of ether oxygens (including phenoxy) is 3. The Morgan fingerprint density at radius 3 is 2.37 bits per heavy atom. The monoisotopic (exact) mass is 270 g/mol. The molecule has 0 fully saturated rings. The van der Waals surface area contributed by atoms with Gasteiger partial charge in [-0.25, -0.2) is 9.59 Å². The fourth-order valence-electron chi connectivity index (χ4n) is 1.23. The highest BCUT2D eigenvalue weighted by Gasteiger charge is 2.15. The molecular weight excluding hydrogens is 248 g/mol. The molecule has 5 nitrogen and oxygen atoms in total.